The van der Waals surface area contributed by atoms with Crippen molar-refractivity contribution >= 4 is 33.7 Å². The lowest BCUT2D eigenvalue weighted by molar-refractivity contribution is 0.284. The molecule has 3 aromatic rings. The maximum atomic E-state index is 12.5. The molecule has 0 saturated carbocycles. The van der Waals surface area contributed by atoms with E-state index in [2.05, 4.69) is 15.5 Å². The van der Waals surface area contributed by atoms with Crippen LogP contribution >= 0.6 is 11.6 Å². The second-order valence-corrected chi connectivity index (χ2v) is 9.54. The number of ether oxygens (including phenoxy) is 2. The number of aromatic nitrogens is 1. The van der Waals surface area contributed by atoms with E-state index >= 15 is 0 Å². The maximum Gasteiger partial charge on any atom is 0.244 e. The van der Waals surface area contributed by atoms with Crippen molar-refractivity contribution in [1.82, 2.24) is 9.29 Å². The van der Waals surface area contributed by atoms with Gasteiger partial charge in [-0.1, -0.05) is 37.6 Å². The number of rotatable bonds is 11. The summed E-state index contributed by atoms with van der Waals surface area (Å²) in [5, 5.41) is 4.85. The third kappa shape index (κ3) is 6.47. The lowest BCUT2D eigenvalue weighted by Crippen LogP contribution is -2.30. The van der Waals surface area contributed by atoms with Crippen molar-refractivity contribution in [3.05, 3.63) is 76.9 Å². The SMILES string of the molecule is CCN(CC)S(=O)(=O)c1ccc(N/N=C\c2ccc(OCc3ccc(Cl)cc3)c(OC)c2)nc1. The summed E-state index contributed by atoms with van der Waals surface area (Å²) in [7, 11) is -1.97. The molecule has 0 spiro atoms. The first kappa shape index (κ1) is 25.5. The van der Waals surface area contributed by atoms with Gasteiger partial charge in [0.2, 0.25) is 10.0 Å². The van der Waals surface area contributed by atoms with Crippen molar-refractivity contribution < 1.29 is 17.9 Å². The summed E-state index contributed by atoms with van der Waals surface area (Å²) in [6.07, 6.45) is 2.93. The summed E-state index contributed by atoms with van der Waals surface area (Å²) >= 11 is 5.91. The normalized spacial score (nSPS) is 11.7. The van der Waals surface area contributed by atoms with Gasteiger partial charge < -0.3 is 9.47 Å². The third-order valence-corrected chi connectivity index (χ3v) is 7.25. The zero-order valence-electron chi connectivity index (χ0n) is 19.2. The Morgan fingerprint density at radius 3 is 2.41 bits per heavy atom. The van der Waals surface area contributed by atoms with Crippen LogP contribution in [0, 0.1) is 0 Å². The van der Waals surface area contributed by atoms with Crippen LogP contribution in [0.25, 0.3) is 0 Å². The van der Waals surface area contributed by atoms with Crippen molar-refractivity contribution in [2.75, 3.05) is 25.6 Å². The molecule has 1 heterocycles. The fourth-order valence-electron chi connectivity index (χ4n) is 3.11. The van der Waals surface area contributed by atoms with E-state index in [9.17, 15) is 8.42 Å². The minimum atomic E-state index is -3.54. The quantitative estimate of drug-likeness (QED) is 0.299. The first-order valence-electron chi connectivity index (χ1n) is 10.7. The highest BCUT2D eigenvalue weighted by atomic mass is 35.5. The van der Waals surface area contributed by atoms with Gasteiger partial charge in [0, 0.05) is 24.3 Å². The fourth-order valence-corrected chi connectivity index (χ4v) is 4.64. The van der Waals surface area contributed by atoms with Gasteiger partial charge >= 0.3 is 0 Å². The van der Waals surface area contributed by atoms with Crippen LogP contribution in [-0.2, 0) is 16.6 Å². The number of halogens is 1. The van der Waals surface area contributed by atoms with Crippen molar-refractivity contribution in [2.45, 2.75) is 25.3 Å². The van der Waals surface area contributed by atoms with Gasteiger partial charge in [-0.3, -0.25) is 5.43 Å². The standard InChI is InChI=1S/C24H27ClN4O4S/c1-4-29(5-2)34(30,31)21-11-13-24(26-16-21)28-27-15-19-8-12-22(23(14-19)32-3)33-17-18-6-9-20(25)10-7-18/h6-16H,4-5,17H2,1-3H3,(H,26,28)/b27-15-. The summed E-state index contributed by atoms with van der Waals surface area (Å²) in [5.74, 6) is 1.60. The number of nitrogens with one attached hydrogen (secondary N) is 1. The van der Waals surface area contributed by atoms with E-state index in [1.807, 2.05) is 30.3 Å². The molecular formula is C24H27ClN4O4S. The van der Waals surface area contributed by atoms with Gasteiger partial charge in [0.05, 0.1) is 13.3 Å². The highest BCUT2D eigenvalue weighted by Crippen LogP contribution is 2.28. The predicted octanol–water partition coefficient (Wildman–Crippen LogP) is 4.80. The van der Waals surface area contributed by atoms with Gasteiger partial charge in [0.25, 0.3) is 0 Å². The number of anilines is 1. The molecule has 1 aromatic heterocycles. The Morgan fingerprint density at radius 2 is 1.79 bits per heavy atom. The van der Waals surface area contributed by atoms with Crippen molar-refractivity contribution in [1.29, 1.82) is 0 Å². The van der Waals surface area contributed by atoms with Gasteiger partial charge in [0.15, 0.2) is 11.5 Å². The number of benzene rings is 2. The largest absolute Gasteiger partial charge is 0.493 e. The minimum absolute atomic E-state index is 0.143. The first-order valence-corrected chi connectivity index (χ1v) is 12.5. The molecule has 1 N–H and O–H groups in total. The highest BCUT2D eigenvalue weighted by molar-refractivity contribution is 7.89. The van der Waals surface area contributed by atoms with E-state index < -0.39 is 10.0 Å². The molecule has 0 fully saturated rings. The maximum absolute atomic E-state index is 12.5. The number of sulfonamides is 1. The topological polar surface area (TPSA) is 93.1 Å². The number of hydrazone groups is 1. The summed E-state index contributed by atoms with van der Waals surface area (Å²) in [4.78, 5) is 4.29. The monoisotopic (exact) mass is 502 g/mol. The van der Waals surface area contributed by atoms with Gasteiger partial charge in [-0.15, -0.1) is 0 Å². The molecule has 10 heteroatoms. The van der Waals surface area contributed by atoms with Crippen LogP contribution in [0.5, 0.6) is 11.5 Å². The molecule has 0 unspecified atom stereocenters. The summed E-state index contributed by atoms with van der Waals surface area (Å²) in [5.41, 5.74) is 4.57. The summed E-state index contributed by atoms with van der Waals surface area (Å²) in [6.45, 7) is 4.78. The lowest BCUT2D eigenvalue weighted by Gasteiger charge is -2.18. The van der Waals surface area contributed by atoms with E-state index in [1.165, 1.54) is 16.6 Å². The smallest absolute Gasteiger partial charge is 0.244 e. The zero-order chi connectivity index (χ0) is 24.6. The molecule has 0 bridgehead atoms. The number of hydrogen-bond donors (Lipinski definition) is 1. The third-order valence-electron chi connectivity index (χ3n) is 4.97. The molecule has 0 saturated heterocycles. The van der Waals surface area contributed by atoms with Crippen molar-refractivity contribution in [3.8, 4) is 11.5 Å². The van der Waals surface area contributed by atoms with E-state index in [0.717, 1.165) is 11.1 Å². The summed E-state index contributed by atoms with van der Waals surface area (Å²) < 4.78 is 37.8. The molecule has 34 heavy (non-hydrogen) atoms. The Labute approximate surface area is 205 Å². The van der Waals surface area contributed by atoms with Crippen LogP contribution in [-0.4, -0.2) is 44.1 Å². The Bertz CT molecular complexity index is 1210. The predicted molar refractivity (Wildman–Crippen MR) is 134 cm³/mol. The molecule has 0 atom stereocenters. The second-order valence-electron chi connectivity index (χ2n) is 7.16. The molecule has 0 aliphatic heterocycles. The van der Waals surface area contributed by atoms with E-state index in [1.54, 1.807) is 45.4 Å². The number of methoxy groups -OCH3 is 1. The molecular weight excluding hydrogens is 476 g/mol. The number of nitrogens with zero attached hydrogens (tertiary/aromatic N) is 3. The zero-order valence-corrected chi connectivity index (χ0v) is 20.8. The molecule has 3 rings (SSSR count). The van der Waals surface area contributed by atoms with Crippen LogP contribution < -0.4 is 14.9 Å². The minimum Gasteiger partial charge on any atom is -0.493 e. The Hall–Kier alpha value is -3.14. The summed E-state index contributed by atoms with van der Waals surface area (Å²) in [6, 6.07) is 16.0. The average Bonchev–Trinajstić information content (AvgIpc) is 2.85. The van der Waals surface area contributed by atoms with Crippen LogP contribution in [0.4, 0.5) is 5.82 Å². The molecule has 2 aromatic carbocycles. The molecule has 180 valence electrons. The van der Waals surface area contributed by atoms with Crippen molar-refractivity contribution in [3.63, 3.8) is 0 Å². The first-order chi connectivity index (χ1) is 16.4. The molecule has 0 aliphatic rings. The molecule has 0 amide bonds. The van der Waals surface area contributed by atoms with Crippen LogP contribution in [0.2, 0.25) is 5.02 Å². The van der Waals surface area contributed by atoms with Gasteiger partial charge in [0.1, 0.15) is 17.3 Å². The van der Waals surface area contributed by atoms with Crippen LogP contribution in [0.3, 0.4) is 0 Å². The van der Waals surface area contributed by atoms with E-state index in [-0.39, 0.29) is 4.90 Å². The van der Waals surface area contributed by atoms with Crippen LogP contribution in [0.1, 0.15) is 25.0 Å². The fraction of sp³-hybridized carbons (Fsp3) is 0.250. The lowest BCUT2D eigenvalue weighted by atomic mass is 10.2. The molecule has 0 radical (unpaired) electrons. The van der Waals surface area contributed by atoms with E-state index in [4.69, 9.17) is 21.1 Å². The second kappa shape index (κ2) is 11.8. The number of hydrogen-bond acceptors (Lipinski definition) is 7. The van der Waals surface area contributed by atoms with Crippen molar-refractivity contribution in [2.24, 2.45) is 5.10 Å². The van der Waals surface area contributed by atoms with Gasteiger partial charge in [-0.05, 0) is 53.6 Å². The Balaban J connectivity index is 1.62. The van der Waals surface area contributed by atoms with Gasteiger partial charge in [-0.2, -0.15) is 9.41 Å². The average molecular weight is 503 g/mol. The molecule has 0 aliphatic carbocycles. The van der Waals surface area contributed by atoms with Crippen LogP contribution in [0.15, 0.2) is 70.8 Å². The number of pyridine rings is 1. The molecule has 8 nitrogen and oxygen atoms in total. The van der Waals surface area contributed by atoms with Gasteiger partial charge in [-0.25, -0.2) is 13.4 Å². The Kier molecular flexibility index (Phi) is 8.86. The van der Waals surface area contributed by atoms with E-state index in [0.29, 0.717) is 42.0 Å². The highest BCUT2D eigenvalue weighted by Gasteiger charge is 2.21. The Morgan fingerprint density at radius 1 is 1.06 bits per heavy atom.